The molecule has 3 fully saturated rings. The molecule has 2 atom stereocenters. The number of nitrogens with one attached hydrogen (secondary N) is 1. The third-order valence-corrected chi connectivity index (χ3v) is 5.57. The molecule has 1 N–H and O–H groups in total. The number of carbonyl (C=O) groups is 2. The highest BCUT2D eigenvalue weighted by Crippen LogP contribution is 2.29. The molecular formula is C18H29N5O2. The Kier molecular flexibility index (Phi) is 5.13. The van der Waals surface area contributed by atoms with E-state index in [-0.39, 0.29) is 17.9 Å². The Balaban J connectivity index is 1.75. The third-order valence-electron chi connectivity index (χ3n) is 5.57. The van der Waals surface area contributed by atoms with Crippen molar-refractivity contribution in [2.24, 2.45) is 5.92 Å². The van der Waals surface area contributed by atoms with Gasteiger partial charge in [-0.15, -0.1) is 0 Å². The van der Waals surface area contributed by atoms with Crippen LogP contribution in [0.4, 0.5) is 0 Å². The number of hydrogen-bond acceptors (Lipinski definition) is 4. The van der Waals surface area contributed by atoms with E-state index in [4.69, 9.17) is 0 Å². The number of carbonyl (C=O) groups excluding carboxylic acids is 2. The molecule has 0 saturated carbocycles. The second kappa shape index (κ2) is 7.15. The lowest BCUT2D eigenvalue weighted by Crippen LogP contribution is -2.48. The maximum atomic E-state index is 13.1. The Morgan fingerprint density at radius 3 is 2.64 bits per heavy atom. The fourth-order valence-electron chi connectivity index (χ4n) is 4.01. The molecule has 0 aromatic carbocycles. The fraction of sp³-hybridized carbons (Fsp3) is 0.722. The average Bonchev–Trinajstić information content (AvgIpc) is 2.75. The zero-order valence-electron chi connectivity index (χ0n) is 15.7. The van der Waals surface area contributed by atoms with Gasteiger partial charge in [0, 0.05) is 51.0 Å². The summed E-state index contributed by atoms with van der Waals surface area (Å²) < 4.78 is 0. The monoisotopic (exact) mass is 347 g/mol. The number of amides is 2. The number of nitrogens with zero attached hydrogens (tertiary/aromatic N) is 4. The van der Waals surface area contributed by atoms with Crippen LogP contribution in [0.5, 0.6) is 0 Å². The van der Waals surface area contributed by atoms with Crippen molar-refractivity contribution >= 4 is 11.8 Å². The predicted molar refractivity (Wildman–Crippen MR) is 95.4 cm³/mol. The first-order valence-corrected chi connectivity index (χ1v) is 9.18. The van der Waals surface area contributed by atoms with Crippen LogP contribution in [0.3, 0.4) is 0 Å². The minimum atomic E-state index is 0.0314. The van der Waals surface area contributed by atoms with Gasteiger partial charge in [-0.3, -0.25) is 19.6 Å². The molecule has 3 saturated heterocycles. The second-order valence-corrected chi connectivity index (χ2v) is 7.57. The molecule has 0 spiro atoms. The summed E-state index contributed by atoms with van der Waals surface area (Å²) in [5.41, 5.74) is 2.55. The van der Waals surface area contributed by atoms with Crippen molar-refractivity contribution in [1.29, 1.82) is 0 Å². The number of aromatic nitrogens is 2. The van der Waals surface area contributed by atoms with Crippen LogP contribution in [0.15, 0.2) is 0 Å². The highest BCUT2D eigenvalue weighted by Gasteiger charge is 2.39. The van der Waals surface area contributed by atoms with Crippen LogP contribution in [0.1, 0.15) is 41.5 Å². The Morgan fingerprint density at radius 1 is 1.24 bits per heavy atom. The molecule has 7 nitrogen and oxygen atoms in total. The van der Waals surface area contributed by atoms with Crippen LogP contribution < -0.4 is 0 Å². The Morgan fingerprint density at radius 2 is 2.00 bits per heavy atom. The van der Waals surface area contributed by atoms with Gasteiger partial charge in [-0.05, 0) is 32.1 Å². The zero-order valence-corrected chi connectivity index (χ0v) is 15.7. The molecule has 25 heavy (non-hydrogen) atoms. The SMILES string of the molecule is CCc1[nH]nc(C(=O)N2C[C@H]3CC[C@@H]2CN(CC(=O)N(C)C)C3)c1C. The summed E-state index contributed by atoms with van der Waals surface area (Å²) in [5.74, 6) is 0.585. The van der Waals surface area contributed by atoms with E-state index in [0.29, 0.717) is 18.2 Å². The smallest absolute Gasteiger partial charge is 0.274 e. The van der Waals surface area contributed by atoms with Crippen LogP contribution in [-0.2, 0) is 11.2 Å². The van der Waals surface area contributed by atoms with Crippen LogP contribution >= 0.6 is 0 Å². The van der Waals surface area contributed by atoms with E-state index in [1.807, 2.05) is 11.8 Å². The lowest BCUT2D eigenvalue weighted by Gasteiger charge is -2.36. The van der Waals surface area contributed by atoms with E-state index in [0.717, 1.165) is 50.2 Å². The largest absolute Gasteiger partial charge is 0.348 e. The highest BCUT2D eigenvalue weighted by atomic mass is 16.2. The molecule has 0 aliphatic carbocycles. The van der Waals surface area contributed by atoms with E-state index >= 15 is 0 Å². The molecule has 1 aromatic heterocycles. The Hall–Kier alpha value is -1.89. The van der Waals surface area contributed by atoms with Crippen molar-refractivity contribution in [3.8, 4) is 0 Å². The maximum absolute atomic E-state index is 13.1. The summed E-state index contributed by atoms with van der Waals surface area (Å²) in [6.07, 6.45) is 2.98. The van der Waals surface area contributed by atoms with Crippen molar-refractivity contribution in [2.75, 3.05) is 40.3 Å². The number of piperidine rings is 1. The molecule has 3 aliphatic rings. The number of hydrogen-bond donors (Lipinski definition) is 1. The van der Waals surface area contributed by atoms with Crippen LogP contribution in [0, 0.1) is 12.8 Å². The Bertz CT molecular complexity index is 654. The van der Waals surface area contributed by atoms with E-state index in [1.54, 1.807) is 19.0 Å². The van der Waals surface area contributed by atoms with Crippen LogP contribution in [0.25, 0.3) is 0 Å². The molecule has 2 bridgehead atoms. The summed E-state index contributed by atoms with van der Waals surface area (Å²) in [4.78, 5) is 31.0. The first kappa shape index (κ1) is 17.9. The van der Waals surface area contributed by atoms with Gasteiger partial charge >= 0.3 is 0 Å². The summed E-state index contributed by atoms with van der Waals surface area (Å²) in [7, 11) is 3.58. The van der Waals surface area contributed by atoms with Gasteiger partial charge in [0.2, 0.25) is 5.91 Å². The maximum Gasteiger partial charge on any atom is 0.274 e. The molecule has 2 amide bonds. The van der Waals surface area contributed by atoms with Crippen molar-refractivity contribution < 1.29 is 9.59 Å². The molecule has 3 aliphatic heterocycles. The number of H-pyrrole nitrogens is 1. The lowest BCUT2D eigenvalue weighted by atomic mass is 9.94. The average molecular weight is 347 g/mol. The summed E-state index contributed by atoms with van der Waals surface area (Å²) in [5, 5.41) is 7.27. The van der Waals surface area contributed by atoms with Gasteiger partial charge in [0.15, 0.2) is 5.69 Å². The first-order valence-electron chi connectivity index (χ1n) is 9.18. The first-order chi connectivity index (χ1) is 11.9. The summed E-state index contributed by atoms with van der Waals surface area (Å²) >= 11 is 0. The quantitative estimate of drug-likeness (QED) is 0.879. The minimum Gasteiger partial charge on any atom is -0.348 e. The molecule has 138 valence electrons. The van der Waals surface area contributed by atoms with Crippen molar-refractivity contribution in [1.82, 2.24) is 24.9 Å². The van der Waals surface area contributed by atoms with Gasteiger partial charge in [-0.2, -0.15) is 5.10 Å². The fourth-order valence-corrected chi connectivity index (χ4v) is 4.01. The second-order valence-electron chi connectivity index (χ2n) is 7.57. The van der Waals surface area contributed by atoms with Crippen molar-refractivity contribution in [2.45, 2.75) is 39.2 Å². The normalized spacial score (nSPS) is 23.6. The highest BCUT2D eigenvalue weighted by molar-refractivity contribution is 5.94. The third kappa shape index (κ3) is 3.56. The number of aromatic amines is 1. The topological polar surface area (TPSA) is 72.5 Å². The van der Waals surface area contributed by atoms with Crippen molar-refractivity contribution in [3.63, 3.8) is 0 Å². The minimum absolute atomic E-state index is 0.0314. The van der Waals surface area contributed by atoms with Gasteiger partial charge in [0.1, 0.15) is 0 Å². The lowest BCUT2D eigenvalue weighted by molar-refractivity contribution is -0.129. The molecule has 7 heteroatoms. The molecule has 0 radical (unpaired) electrons. The molecule has 1 aromatic rings. The van der Waals surface area contributed by atoms with Gasteiger partial charge in [0.05, 0.1) is 6.54 Å². The van der Waals surface area contributed by atoms with E-state index in [1.165, 1.54) is 0 Å². The van der Waals surface area contributed by atoms with Gasteiger partial charge < -0.3 is 9.80 Å². The summed E-state index contributed by atoms with van der Waals surface area (Å²) in [6.45, 7) is 6.88. The van der Waals surface area contributed by atoms with E-state index < -0.39 is 0 Å². The van der Waals surface area contributed by atoms with E-state index in [2.05, 4.69) is 22.0 Å². The van der Waals surface area contributed by atoms with Gasteiger partial charge in [-0.1, -0.05) is 6.92 Å². The molecular weight excluding hydrogens is 318 g/mol. The van der Waals surface area contributed by atoms with Crippen LogP contribution in [0.2, 0.25) is 0 Å². The number of aryl methyl sites for hydroxylation is 1. The van der Waals surface area contributed by atoms with Gasteiger partial charge in [0.25, 0.3) is 5.91 Å². The molecule has 0 unspecified atom stereocenters. The van der Waals surface area contributed by atoms with Crippen LogP contribution in [-0.4, -0.2) is 83.0 Å². The zero-order chi connectivity index (χ0) is 18.1. The van der Waals surface area contributed by atoms with Gasteiger partial charge in [-0.25, -0.2) is 0 Å². The predicted octanol–water partition coefficient (Wildman–Crippen LogP) is 0.905. The molecule has 4 heterocycles. The van der Waals surface area contributed by atoms with E-state index in [9.17, 15) is 9.59 Å². The summed E-state index contributed by atoms with van der Waals surface area (Å²) in [6, 6.07) is 0.169. The molecule has 4 rings (SSSR count). The number of rotatable bonds is 4. The van der Waals surface area contributed by atoms with Crippen molar-refractivity contribution in [3.05, 3.63) is 17.0 Å². The standard InChI is InChI=1S/C18H29N5O2/c1-5-15-12(2)17(20-19-15)18(25)23-9-13-6-7-14(23)10-22(8-13)11-16(24)21(3)4/h13-14H,5-11H2,1-4H3,(H,19,20)/t13-,14+/m0/s1. The number of likely N-dealkylation sites (N-methyl/N-ethyl adjacent to an activating group) is 1. The number of fused-ring (bicyclic) bond motifs is 4. The Labute approximate surface area is 149 Å².